The third kappa shape index (κ3) is 2.58. The molecule has 0 aromatic carbocycles. The van der Waals surface area contributed by atoms with Crippen molar-refractivity contribution in [3.05, 3.63) is 0 Å². The van der Waals surface area contributed by atoms with Crippen LogP contribution in [0.25, 0.3) is 0 Å². The Morgan fingerprint density at radius 1 is 1.05 bits per heavy atom. The van der Waals surface area contributed by atoms with E-state index in [1.807, 2.05) is 0 Å². The summed E-state index contributed by atoms with van der Waals surface area (Å²) >= 11 is 0. The van der Waals surface area contributed by atoms with Gasteiger partial charge in [-0.1, -0.05) is 20.8 Å². The van der Waals surface area contributed by atoms with Crippen LogP contribution in [0.15, 0.2) is 0 Å². The molecule has 1 heterocycles. The summed E-state index contributed by atoms with van der Waals surface area (Å²) in [5.41, 5.74) is 0.213. The van der Waals surface area contributed by atoms with Crippen LogP contribution in [0, 0.1) is 17.3 Å². The lowest BCUT2D eigenvalue weighted by Crippen LogP contribution is -2.61. The van der Waals surface area contributed by atoms with Crippen LogP contribution >= 0.6 is 0 Å². The minimum absolute atomic E-state index is 0.0156. The van der Waals surface area contributed by atoms with Crippen molar-refractivity contribution in [3.8, 4) is 0 Å². The Balaban J connectivity index is 1.56. The van der Waals surface area contributed by atoms with Crippen LogP contribution in [0.5, 0.6) is 0 Å². The number of piperazine rings is 1. The molecule has 0 radical (unpaired) electrons. The highest BCUT2D eigenvalue weighted by Crippen LogP contribution is 2.61. The largest absolute Gasteiger partial charge is 0.349 e. The number of hydrogen-bond acceptors (Lipinski definition) is 3. The van der Waals surface area contributed by atoms with Crippen LogP contribution in [0.4, 0.5) is 0 Å². The number of rotatable bonds is 4. The molecule has 1 saturated heterocycles. The molecule has 2 aliphatic carbocycles. The van der Waals surface area contributed by atoms with Gasteiger partial charge in [-0.15, -0.1) is 0 Å². The number of carbonyl (C=O) groups excluding carboxylic acids is 1. The quantitative estimate of drug-likeness (QED) is 0.862. The second-order valence-corrected chi connectivity index (χ2v) is 8.39. The van der Waals surface area contributed by atoms with Crippen LogP contribution in [-0.2, 0) is 4.79 Å². The van der Waals surface area contributed by atoms with Crippen LogP contribution in [-0.4, -0.2) is 60.5 Å². The van der Waals surface area contributed by atoms with E-state index < -0.39 is 0 Å². The molecule has 4 nitrogen and oxygen atoms in total. The lowest BCUT2D eigenvalue weighted by Gasteiger charge is -2.48. The van der Waals surface area contributed by atoms with Crippen molar-refractivity contribution in [2.45, 2.75) is 52.5 Å². The topological polar surface area (TPSA) is 35.6 Å². The summed E-state index contributed by atoms with van der Waals surface area (Å²) in [5.74, 6) is 1.69. The molecular formula is C18H33N3O. The molecule has 126 valence electrons. The number of fused-ring (bicyclic) bond motifs is 2. The zero-order valence-electron chi connectivity index (χ0n) is 14.8. The minimum Gasteiger partial charge on any atom is -0.349 e. The highest BCUT2D eigenvalue weighted by atomic mass is 16.2. The second kappa shape index (κ2) is 5.79. The van der Waals surface area contributed by atoms with Crippen molar-refractivity contribution >= 4 is 5.91 Å². The molecule has 3 rings (SSSR count). The van der Waals surface area contributed by atoms with Crippen molar-refractivity contribution in [2.24, 2.45) is 17.3 Å². The highest BCUT2D eigenvalue weighted by Gasteiger charge is 2.60. The molecule has 2 saturated carbocycles. The average molecular weight is 307 g/mol. The van der Waals surface area contributed by atoms with E-state index in [4.69, 9.17) is 0 Å². The SMILES string of the molecule is CCN1CCN(CC(=O)N[C@@]2(C)[C@H]3CC[C@@H](C3)C2(C)C)CC1. The van der Waals surface area contributed by atoms with E-state index in [0.29, 0.717) is 12.5 Å². The van der Waals surface area contributed by atoms with Crippen LogP contribution in [0.1, 0.15) is 47.0 Å². The number of likely N-dealkylation sites (N-methyl/N-ethyl adjacent to an activating group) is 1. The zero-order chi connectivity index (χ0) is 16.0. The summed E-state index contributed by atoms with van der Waals surface area (Å²) in [6.45, 7) is 15.1. The van der Waals surface area contributed by atoms with Gasteiger partial charge in [0.2, 0.25) is 5.91 Å². The number of nitrogens with zero attached hydrogens (tertiary/aromatic N) is 2. The smallest absolute Gasteiger partial charge is 0.234 e. The fourth-order valence-corrected chi connectivity index (χ4v) is 5.17. The van der Waals surface area contributed by atoms with Gasteiger partial charge in [-0.3, -0.25) is 9.69 Å². The molecule has 0 unspecified atom stereocenters. The Morgan fingerprint density at radius 3 is 2.18 bits per heavy atom. The van der Waals surface area contributed by atoms with Crippen molar-refractivity contribution < 1.29 is 4.79 Å². The molecule has 3 fully saturated rings. The van der Waals surface area contributed by atoms with Crippen molar-refractivity contribution in [1.82, 2.24) is 15.1 Å². The van der Waals surface area contributed by atoms with E-state index in [0.717, 1.165) is 38.6 Å². The van der Waals surface area contributed by atoms with E-state index in [1.54, 1.807) is 0 Å². The number of carbonyl (C=O) groups is 1. The maximum Gasteiger partial charge on any atom is 0.234 e. The molecule has 4 heteroatoms. The first-order valence-electron chi connectivity index (χ1n) is 9.12. The Hall–Kier alpha value is -0.610. The summed E-state index contributed by atoms with van der Waals surface area (Å²) in [6.07, 6.45) is 3.95. The van der Waals surface area contributed by atoms with Crippen LogP contribution < -0.4 is 5.32 Å². The van der Waals surface area contributed by atoms with E-state index in [2.05, 4.69) is 42.8 Å². The van der Waals surface area contributed by atoms with Gasteiger partial charge in [-0.05, 0) is 50.0 Å². The first kappa shape index (κ1) is 16.3. The van der Waals surface area contributed by atoms with Gasteiger partial charge in [0.05, 0.1) is 6.54 Å². The van der Waals surface area contributed by atoms with Crippen LogP contribution in [0.3, 0.4) is 0 Å². The molecule has 0 aromatic heterocycles. The van der Waals surface area contributed by atoms with Gasteiger partial charge in [0.25, 0.3) is 0 Å². The van der Waals surface area contributed by atoms with E-state index in [-0.39, 0.29) is 16.9 Å². The normalized spacial score (nSPS) is 38.4. The monoisotopic (exact) mass is 307 g/mol. The predicted octanol–water partition coefficient (Wildman–Crippen LogP) is 1.95. The van der Waals surface area contributed by atoms with Gasteiger partial charge in [-0.25, -0.2) is 0 Å². The Morgan fingerprint density at radius 2 is 1.64 bits per heavy atom. The molecule has 0 aromatic rings. The summed E-state index contributed by atoms with van der Waals surface area (Å²) < 4.78 is 0. The first-order chi connectivity index (χ1) is 10.4. The fourth-order valence-electron chi connectivity index (χ4n) is 5.17. The summed E-state index contributed by atoms with van der Waals surface area (Å²) in [5, 5.41) is 3.46. The highest BCUT2D eigenvalue weighted by molar-refractivity contribution is 5.79. The summed E-state index contributed by atoms with van der Waals surface area (Å²) in [6, 6.07) is 0. The Labute approximate surface area is 135 Å². The minimum atomic E-state index is -0.0156. The van der Waals surface area contributed by atoms with E-state index >= 15 is 0 Å². The zero-order valence-corrected chi connectivity index (χ0v) is 14.8. The van der Waals surface area contributed by atoms with Crippen molar-refractivity contribution in [3.63, 3.8) is 0 Å². The van der Waals surface area contributed by atoms with Gasteiger partial charge in [-0.2, -0.15) is 0 Å². The standard InChI is InChI=1S/C18H33N3O/c1-5-20-8-10-21(11-9-20)13-16(22)19-18(4)15-7-6-14(12-15)17(18,2)3/h14-15H,5-13H2,1-4H3,(H,19,22)/t14-,15-,18-/m0/s1. The molecule has 3 atom stereocenters. The van der Waals surface area contributed by atoms with Gasteiger partial charge >= 0.3 is 0 Å². The molecule has 1 amide bonds. The average Bonchev–Trinajstić information content (AvgIpc) is 3.03. The van der Waals surface area contributed by atoms with Gasteiger partial charge in [0.15, 0.2) is 0 Å². The summed E-state index contributed by atoms with van der Waals surface area (Å²) in [4.78, 5) is 17.4. The lowest BCUT2D eigenvalue weighted by atomic mass is 9.64. The molecule has 3 aliphatic rings. The Kier molecular flexibility index (Phi) is 4.28. The number of hydrogen-bond donors (Lipinski definition) is 1. The first-order valence-corrected chi connectivity index (χ1v) is 9.12. The third-order valence-corrected chi connectivity index (χ3v) is 7.29. The third-order valence-electron chi connectivity index (χ3n) is 7.29. The fraction of sp³-hybridized carbons (Fsp3) is 0.944. The molecule has 1 aliphatic heterocycles. The molecule has 0 spiro atoms. The number of amides is 1. The van der Waals surface area contributed by atoms with Gasteiger partial charge in [0, 0.05) is 31.7 Å². The maximum absolute atomic E-state index is 12.6. The van der Waals surface area contributed by atoms with Gasteiger partial charge < -0.3 is 10.2 Å². The van der Waals surface area contributed by atoms with E-state index in [1.165, 1.54) is 19.3 Å². The lowest BCUT2D eigenvalue weighted by molar-refractivity contribution is -0.127. The predicted molar refractivity (Wildman–Crippen MR) is 89.7 cm³/mol. The van der Waals surface area contributed by atoms with Crippen molar-refractivity contribution in [2.75, 3.05) is 39.3 Å². The van der Waals surface area contributed by atoms with Gasteiger partial charge in [0.1, 0.15) is 0 Å². The number of nitrogens with one attached hydrogen (secondary N) is 1. The maximum atomic E-state index is 12.6. The summed E-state index contributed by atoms with van der Waals surface area (Å²) in [7, 11) is 0. The second-order valence-electron chi connectivity index (χ2n) is 8.39. The molecule has 1 N–H and O–H groups in total. The molecular weight excluding hydrogens is 274 g/mol. The van der Waals surface area contributed by atoms with Crippen LogP contribution in [0.2, 0.25) is 0 Å². The Bertz CT molecular complexity index is 428. The molecule has 2 bridgehead atoms. The molecule has 22 heavy (non-hydrogen) atoms. The van der Waals surface area contributed by atoms with Crippen molar-refractivity contribution in [1.29, 1.82) is 0 Å². The van der Waals surface area contributed by atoms with E-state index in [9.17, 15) is 4.79 Å².